The first-order valence-corrected chi connectivity index (χ1v) is 8.57. The number of carbonyl (C=O) groups is 2. The third kappa shape index (κ3) is 3.81. The minimum atomic E-state index is -1.23. The number of hydrogen-bond acceptors (Lipinski definition) is 4. The Morgan fingerprint density at radius 3 is 2.56 bits per heavy atom. The van der Waals surface area contributed by atoms with Gasteiger partial charge in [-0.1, -0.05) is 29.3 Å². The molecule has 1 aromatic carbocycles. The van der Waals surface area contributed by atoms with E-state index in [1.54, 1.807) is 28.9 Å². The van der Waals surface area contributed by atoms with Crippen molar-refractivity contribution in [1.82, 2.24) is 19.6 Å². The first kappa shape index (κ1) is 18.9. The topological polar surface area (TPSA) is 102 Å². The summed E-state index contributed by atoms with van der Waals surface area (Å²) in [6.45, 7) is 2.15. The number of aromatic nitrogens is 4. The number of carbonyl (C=O) groups excluding carboxylic acids is 1. The van der Waals surface area contributed by atoms with Crippen molar-refractivity contribution in [2.75, 3.05) is 5.32 Å². The average Bonchev–Trinajstić information content (AvgIpc) is 3.14. The van der Waals surface area contributed by atoms with E-state index in [1.807, 2.05) is 6.92 Å². The molecule has 0 fully saturated rings. The standard InChI is InChI=1S/C17H15Cl2N5O3/c1-9-6-14(21-16(25)15-10(17(26)27)7-20-23(15)2)22-24(9)8-11-12(18)4-3-5-13(11)19/h3-7H,8H2,1-2H3,(H,26,27)(H,21,22,25). The number of aromatic carboxylic acids is 1. The van der Waals surface area contributed by atoms with Gasteiger partial charge < -0.3 is 10.4 Å². The van der Waals surface area contributed by atoms with Crippen LogP contribution in [0.5, 0.6) is 0 Å². The van der Waals surface area contributed by atoms with Crippen molar-refractivity contribution in [1.29, 1.82) is 0 Å². The lowest BCUT2D eigenvalue weighted by molar-refractivity contribution is 0.0692. The quantitative estimate of drug-likeness (QED) is 0.675. The van der Waals surface area contributed by atoms with Gasteiger partial charge in [0.25, 0.3) is 5.91 Å². The average molecular weight is 408 g/mol. The van der Waals surface area contributed by atoms with Crippen molar-refractivity contribution in [2.45, 2.75) is 13.5 Å². The Hall–Kier alpha value is -2.84. The van der Waals surface area contributed by atoms with E-state index in [-0.39, 0.29) is 17.1 Å². The molecule has 0 radical (unpaired) electrons. The summed E-state index contributed by atoms with van der Waals surface area (Å²) in [6.07, 6.45) is 1.13. The number of nitrogens with one attached hydrogen (secondary N) is 1. The molecule has 2 heterocycles. The molecule has 0 atom stereocenters. The molecule has 0 aliphatic heterocycles. The van der Waals surface area contributed by atoms with Gasteiger partial charge in [-0.15, -0.1) is 0 Å². The summed E-state index contributed by atoms with van der Waals surface area (Å²) in [6, 6.07) is 6.89. The van der Waals surface area contributed by atoms with Crippen LogP contribution in [0, 0.1) is 6.92 Å². The SMILES string of the molecule is Cc1cc(NC(=O)c2c(C(=O)O)cnn2C)nn1Cc1c(Cl)cccc1Cl. The molecule has 140 valence electrons. The summed E-state index contributed by atoms with van der Waals surface area (Å²) in [5.74, 6) is -1.57. The van der Waals surface area contributed by atoms with Crippen LogP contribution in [0.15, 0.2) is 30.5 Å². The predicted octanol–water partition coefficient (Wildman–Crippen LogP) is 3.23. The van der Waals surface area contributed by atoms with E-state index in [2.05, 4.69) is 15.5 Å². The Morgan fingerprint density at radius 1 is 1.26 bits per heavy atom. The van der Waals surface area contributed by atoms with Crippen LogP contribution in [0.25, 0.3) is 0 Å². The number of benzene rings is 1. The minimum absolute atomic E-state index is 0.0659. The lowest BCUT2D eigenvalue weighted by atomic mass is 10.2. The van der Waals surface area contributed by atoms with Crippen molar-refractivity contribution in [3.8, 4) is 0 Å². The molecule has 3 aromatic rings. The molecule has 27 heavy (non-hydrogen) atoms. The summed E-state index contributed by atoms with van der Waals surface area (Å²) < 4.78 is 2.84. The van der Waals surface area contributed by atoms with Crippen LogP contribution in [0.2, 0.25) is 10.0 Å². The fourth-order valence-corrected chi connectivity index (χ4v) is 3.12. The van der Waals surface area contributed by atoms with E-state index in [0.29, 0.717) is 22.2 Å². The number of nitrogens with zero attached hydrogens (tertiary/aromatic N) is 4. The van der Waals surface area contributed by atoms with E-state index < -0.39 is 11.9 Å². The number of rotatable bonds is 5. The molecule has 8 nitrogen and oxygen atoms in total. The van der Waals surface area contributed by atoms with E-state index in [4.69, 9.17) is 23.2 Å². The van der Waals surface area contributed by atoms with Crippen LogP contribution in [0.1, 0.15) is 32.1 Å². The molecule has 10 heteroatoms. The zero-order valence-corrected chi connectivity index (χ0v) is 15.9. The molecule has 0 aliphatic carbocycles. The molecular weight excluding hydrogens is 393 g/mol. The second-order valence-electron chi connectivity index (χ2n) is 5.82. The summed E-state index contributed by atoms with van der Waals surface area (Å²) in [4.78, 5) is 23.7. The Balaban J connectivity index is 1.84. The molecule has 1 amide bonds. The van der Waals surface area contributed by atoms with Gasteiger partial charge in [-0.2, -0.15) is 10.2 Å². The zero-order chi connectivity index (χ0) is 19.7. The summed E-state index contributed by atoms with van der Waals surface area (Å²) in [5.41, 5.74) is 1.23. The Labute approximate surface area is 164 Å². The highest BCUT2D eigenvalue weighted by Gasteiger charge is 2.22. The second-order valence-corrected chi connectivity index (χ2v) is 6.63. The molecule has 0 unspecified atom stereocenters. The first-order valence-electron chi connectivity index (χ1n) is 7.82. The van der Waals surface area contributed by atoms with Crippen LogP contribution < -0.4 is 5.32 Å². The number of carboxylic acid groups (broad SMARTS) is 1. The molecule has 3 rings (SSSR count). The highest BCUT2D eigenvalue weighted by Crippen LogP contribution is 2.26. The number of carboxylic acids is 1. The summed E-state index contributed by atoms with van der Waals surface area (Å²) in [5, 5.41) is 21.0. The highest BCUT2D eigenvalue weighted by molar-refractivity contribution is 6.36. The second kappa shape index (κ2) is 7.42. The number of hydrogen-bond donors (Lipinski definition) is 2. The molecule has 0 saturated heterocycles. The number of anilines is 1. The molecule has 2 N–H and O–H groups in total. The van der Waals surface area contributed by atoms with Gasteiger partial charge >= 0.3 is 5.97 Å². The Morgan fingerprint density at radius 2 is 1.93 bits per heavy atom. The fraction of sp³-hybridized carbons (Fsp3) is 0.176. The third-order valence-electron chi connectivity index (χ3n) is 3.98. The number of amides is 1. The van der Waals surface area contributed by atoms with Gasteiger partial charge in [0, 0.05) is 34.4 Å². The van der Waals surface area contributed by atoms with E-state index in [9.17, 15) is 14.7 Å². The van der Waals surface area contributed by atoms with E-state index >= 15 is 0 Å². The van der Waals surface area contributed by atoms with Crippen LogP contribution in [0.3, 0.4) is 0 Å². The number of halogens is 2. The van der Waals surface area contributed by atoms with Crippen LogP contribution in [-0.4, -0.2) is 36.5 Å². The van der Waals surface area contributed by atoms with Crippen LogP contribution >= 0.6 is 23.2 Å². The van der Waals surface area contributed by atoms with Gasteiger partial charge in [0.2, 0.25) is 0 Å². The Bertz CT molecular complexity index is 1020. The van der Waals surface area contributed by atoms with Gasteiger partial charge in [0.05, 0.1) is 12.7 Å². The van der Waals surface area contributed by atoms with Crippen molar-refractivity contribution < 1.29 is 14.7 Å². The molecule has 0 saturated carbocycles. The first-order chi connectivity index (χ1) is 12.8. The molecule has 2 aromatic heterocycles. The van der Waals surface area contributed by atoms with Crippen molar-refractivity contribution in [3.05, 3.63) is 63.0 Å². The molecule has 0 spiro atoms. The largest absolute Gasteiger partial charge is 0.478 e. The minimum Gasteiger partial charge on any atom is -0.478 e. The summed E-state index contributed by atoms with van der Waals surface area (Å²) >= 11 is 12.4. The maximum Gasteiger partial charge on any atom is 0.339 e. The molecule has 0 aliphatic rings. The van der Waals surface area contributed by atoms with E-state index in [0.717, 1.165) is 11.9 Å². The Kier molecular flexibility index (Phi) is 5.20. The monoisotopic (exact) mass is 407 g/mol. The maximum absolute atomic E-state index is 12.5. The van der Waals surface area contributed by atoms with Gasteiger partial charge in [0.15, 0.2) is 5.82 Å². The van der Waals surface area contributed by atoms with Gasteiger partial charge in [-0.25, -0.2) is 4.79 Å². The lowest BCUT2D eigenvalue weighted by Crippen LogP contribution is -2.19. The van der Waals surface area contributed by atoms with Gasteiger partial charge in [-0.05, 0) is 19.1 Å². The van der Waals surface area contributed by atoms with Crippen molar-refractivity contribution >= 4 is 40.9 Å². The van der Waals surface area contributed by atoms with Crippen LogP contribution in [0.4, 0.5) is 5.82 Å². The van der Waals surface area contributed by atoms with E-state index in [1.165, 1.54) is 11.7 Å². The molecular formula is C17H15Cl2N5O3. The maximum atomic E-state index is 12.5. The fourth-order valence-electron chi connectivity index (χ4n) is 2.60. The zero-order valence-electron chi connectivity index (χ0n) is 14.4. The predicted molar refractivity (Wildman–Crippen MR) is 101 cm³/mol. The number of aryl methyl sites for hydroxylation is 2. The lowest BCUT2D eigenvalue weighted by Gasteiger charge is -2.08. The third-order valence-corrected chi connectivity index (χ3v) is 4.68. The normalized spacial score (nSPS) is 10.8. The summed E-state index contributed by atoms with van der Waals surface area (Å²) in [7, 11) is 1.49. The van der Waals surface area contributed by atoms with Crippen molar-refractivity contribution in [2.24, 2.45) is 7.05 Å². The smallest absolute Gasteiger partial charge is 0.339 e. The molecule has 0 bridgehead atoms. The van der Waals surface area contributed by atoms with Gasteiger partial charge in [0.1, 0.15) is 11.3 Å². The van der Waals surface area contributed by atoms with Crippen LogP contribution in [-0.2, 0) is 13.6 Å². The van der Waals surface area contributed by atoms with Crippen molar-refractivity contribution in [3.63, 3.8) is 0 Å². The van der Waals surface area contributed by atoms with Gasteiger partial charge in [-0.3, -0.25) is 14.2 Å². The highest BCUT2D eigenvalue weighted by atomic mass is 35.5.